The van der Waals surface area contributed by atoms with Crippen molar-refractivity contribution >= 4 is 27.4 Å². The summed E-state index contributed by atoms with van der Waals surface area (Å²) in [5.41, 5.74) is 7.91. The highest BCUT2D eigenvalue weighted by Crippen LogP contribution is 2.38. The Labute approximate surface area is 145 Å². The zero-order valence-electron chi connectivity index (χ0n) is 14.5. The van der Waals surface area contributed by atoms with Crippen LogP contribution < -0.4 is 0 Å². The summed E-state index contributed by atoms with van der Waals surface area (Å²) < 4.78 is 8.14. The molecule has 0 amide bonds. The number of fused-ring (bicyclic) bond motifs is 6. The van der Waals surface area contributed by atoms with Crippen molar-refractivity contribution in [2.75, 3.05) is 0 Å². The van der Waals surface area contributed by atoms with E-state index in [9.17, 15) is 0 Å². The molecule has 0 unspecified atom stereocenters. The molecule has 0 saturated heterocycles. The van der Waals surface area contributed by atoms with Gasteiger partial charge in [-0.15, -0.1) is 0 Å². The topological polar surface area (TPSA) is 30.4 Å². The number of furan rings is 1. The third-order valence-corrected chi connectivity index (χ3v) is 5.01. The van der Waals surface area contributed by atoms with Crippen molar-refractivity contribution in [3.05, 3.63) is 71.6 Å². The lowest BCUT2D eigenvalue weighted by molar-refractivity contribution is 0.580. The summed E-state index contributed by atoms with van der Waals surface area (Å²) in [4.78, 5) is 0. The van der Waals surface area contributed by atoms with E-state index in [2.05, 4.69) is 62.4 Å². The Bertz CT molecular complexity index is 1250. The molecule has 0 saturated carbocycles. The molecule has 0 bridgehead atoms. The molecular weight excluding hydrogens is 308 g/mol. The van der Waals surface area contributed by atoms with Crippen LogP contribution in [-0.4, -0.2) is 9.61 Å². The average molecular weight is 326 g/mol. The smallest absolute Gasteiger partial charge is 0.161 e. The molecule has 3 heteroatoms. The Kier molecular flexibility index (Phi) is 2.84. The number of aromatic nitrogens is 2. The van der Waals surface area contributed by atoms with Gasteiger partial charge in [-0.05, 0) is 49.6 Å². The van der Waals surface area contributed by atoms with Crippen LogP contribution in [0.25, 0.3) is 38.5 Å². The molecule has 0 aliphatic heterocycles. The third-order valence-electron chi connectivity index (χ3n) is 5.01. The fourth-order valence-electron chi connectivity index (χ4n) is 3.95. The highest BCUT2D eigenvalue weighted by atomic mass is 16.3. The van der Waals surface area contributed by atoms with E-state index in [0.29, 0.717) is 0 Å². The molecule has 5 rings (SSSR count). The molecule has 0 atom stereocenters. The van der Waals surface area contributed by atoms with E-state index in [4.69, 9.17) is 9.52 Å². The molecule has 0 fully saturated rings. The van der Waals surface area contributed by atoms with Crippen LogP contribution in [-0.2, 0) is 0 Å². The van der Waals surface area contributed by atoms with E-state index >= 15 is 0 Å². The second-order valence-electron chi connectivity index (χ2n) is 6.70. The molecule has 25 heavy (non-hydrogen) atoms. The number of hydrogen-bond acceptors (Lipinski definition) is 2. The van der Waals surface area contributed by atoms with Gasteiger partial charge in [0.15, 0.2) is 5.58 Å². The highest BCUT2D eigenvalue weighted by molar-refractivity contribution is 6.13. The van der Waals surface area contributed by atoms with Crippen LogP contribution in [0.1, 0.15) is 16.9 Å². The fraction of sp³-hybridized carbons (Fsp3) is 0.136. The van der Waals surface area contributed by atoms with Crippen LogP contribution in [0.2, 0.25) is 0 Å². The summed E-state index contributed by atoms with van der Waals surface area (Å²) in [6.07, 6.45) is 1.97. The molecule has 5 aromatic rings. The molecule has 3 nitrogen and oxygen atoms in total. The van der Waals surface area contributed by atoms with Gasteiger partial charge >= 0.3 is 0 Å². The van der Waals surface area contributed by atoms with Gasteiger partial charge in [0.2, 0.25) is 0 Å². The largest absolute Gasteiger partial charge is 0.459 e. The second kappa shape index (κ2) is 4.96. The van der Waals surface area contributed by atoms with Crippen LogP contribution >= 0.6 is 0 Å². The van der Waals surface area contributed by atoms with Gasteiger partial charge in [0.25, 0.3) is 0 Å². The van der Waals surface area contributed by atoms with Crippen molar-refractivity contribution < 1.29 is 4.42 Å². The lowest BCUT2D eigenvalue weighted by Crippen LogP contribution is -1.92. The van der Waals surface area contributed by atoms with Crippen LogP contribution in [0.15, 0.2) is 59.1 Å². The predicted octanol–water partition coefficient (Wildman–Crippen LogP) is 5.83. The Hall–Kier alpha value is -3.07. The number of rotatable bonds is 1. The minimum absolute atomic E-state index is 0.909. The highest BCUT2D eigenvalue weighted by Gasteiger charge is 2.19. The molecular formula is C22H18N2O. The van der Waals surface area contributed by atoms with Gasteiger partial charge in [-0.2, -0.15) is 5.10 Å². The molecule has 0 radical (unpaired) electrons. The SMILES string of the molecule is Cc1cc2c3ccccc3n3ncc(-c4c(C)cccc4C)c3c2o1. The molecule has 0 aliphatic rings. The summed E-state index contributed by atoms with van der Waals surface area (Å²) in [6.45, 7) is 6.30. The number of aryl methyl sites for hydroxylation is 3. The van der Waals surface area contributed by atoms with E-state index in [-0.39, 0.29) is 0 Å². The van der Waals surface area contributed by atoms with E-state index in [1.807, 2.05) is 17.6 Å². The maximum Gasteiger partial charge on any atom is 0.161 e. The van der Waals surface area contributed by atoms with Gasteiger partial charge in [-0.3, -0.25) is 0 Å². The van der Waals surface area contributed by atoms with Crippen molar-refractivity contribution in [3.8, 4) is 11.1 Å². The van der Waals surface area contributed by atoms with Gasteiger partial charge in [0.05, 0.1) is 11.7 Å². The lowest BCUT2D eigenvalue weighted by Gasteiger charge is -2.09. The van der Waals surface area contributed by atoms with Gasteiger partial charge in [0.1, 0.15) is 11.3 Å². The Morgan fingerprint density at radius 1 is 0.880 bits per heavy atom. The zero-order chi connectivity index (χ0) is 17.1. The quantitative estimate of drug-likeness (QED) is 0.388. The van der Waals surface area contributed by atoms with Gasteiger partial charge in [0, 0.05) is 16.3 Å². The third kappa shape index (κ3) is 1.89. The Morgan fingerprint density at radius 3 is 2.44 bits per heavy atom. The first kappa shape index (κ1) is 14.3. The minimum atomic E-state index is 0.909. The number of pyridine rings is 1. The number of nitrogens with zero attached hydrogens (tertiary/aromatic N) is 2. The molecule has 0 aliphatic carbocycles. The van der Waals surface area contributed by atoms with E-state index < -0.39 is 0 Å². The predicted molar refractivity (Wildman–Crippen MR) is 102 cm³/mol. The summed E-state index contributed by atoms with van der Waals surface area (Å²) in [5, 5.41) is 7.03. The summed E-state index contributed by atoms with van der Waals surface area (Å²) >= 11 is 0. The monoisotopic (exact) mass is 326 g/mol. The average Bonchev–Trinajstić information content (AvgIpc) is 3.19. The van der Waals surface area contributed by atoms with Crippen molar-refractivity contribution in [2.45, 2.75) is 20.8 Å². The second-order valence-corrected chi connectivity index (χ2v) is 6.70. The van der Waals surface area contributed by atoms with Crippen LogP contribution in [0.3, 0.4) is 0 Å². The minimum Gasteiger partial charge on any atom is -0.459 e. The van der Waals surface area contributed by atoms with E-state index in [0.717, 1.165) is 38.7 Å². The molecule has 0 spiro atoms. The first-order valence-corrected chi connectivity index (χ1v) is 8.50. The number of para-hydroxylation sites is 1. The molecule has 2 aromatic carbocycles. The van der Waals surface area contributed by atoms with E-state index in [1.54, 1.807) is 0 Å². The normalized spacial score (nSPS) is 11.8. The zero-order valence-corrected chi connectivity index (χ0v) is 14.5. The molecule has 122 valence electrons. The fourth-order valence-corrected chi connectivity index (χ4v) is 3.95. The standard InChI is InChI=1S/C22H18N2O/c1-13-7-6-8-14(2)20(13)18-12-23-24-19-10-5-4-9-16(19)17-11-15(3)25-22(17)21(18)24/h4-12H,1-3H3. The summed E-state index contributed by atoms with van der Waals surface area (Å²) in [6, 6.07) is 16.9. The van der Waals surface area contributed by atoms with Crippen LogP contribution in [0, 0.1) is 20.8 Å². The number of hydrogen-bond donors (Lipinski definition) is 0. The Balaban J connectivity index is 2.05. The van der Waals surface area contributed by atoms with Gasteiger partial charge in [-0.25, -0.2) is 4.52 Å². The maximum atomic E-state index is 6.13. The number of benzene rings is 2. The summed E-state index contributed by atoms with van der Waals surface area (Å²) in [5.74, 6) is 0.918. The van der Waals surface area contributed by atoms with Crippen molar-refractivity contribution in [1.82, 2.24) is 9.61 Å². The van der Waals surface area contributed by atoms with Gasteiger partial charge < -0.3 is 4.42 Å². The van der Waals surface area contributed by atoms with Crippen molar-refractivity contribution in [2.24, 2.45) is 0 Å². The van der Waals surface area contributed by atoms with Crippen molar-refractivity contribution in [1.29, 1.82) is 0 Å². The molecule has 3 aromatic heterocycles. The molecule has 3 heterocycles. The maximum absolute atomic E-state index is 6.13. The molecule has 0 N–H and O–H groups in total. The van der Waals surface area contributed by atoms with Crippen molar-refractivity contribution in [3.63, 3.8) is 0 Å². The Morgan fingerprint density at radius 2 is 1.64 bits per heavy atom. The first-order chi connectivity index (χ1) is 12.1. The first-order valence-electron chi connectivity index (χ1n) is 8.50. The van der Waals surface area contributed by atoms with Crippen LogP contribution in [0.5, 0.6) is 0 Å². The lowest BCUT2D eigenvalue weighted by atomic mass is 9.96. The van der Waals surface area contributed by atoms with E-state index in [1.165, 1.54) is 16.7 Å². The van der Waals surface area contributed by atoms with Gasteiger partial charge in [-0.1, -0.05) is 36.4 Å². The summed E-state index contributed by atoms with van der Waals surface area (Å²) in [7, 11) is 0. The van der Waals surface area contributed by atoms with Crippen LogP contribution in [0.4, 0.5) is 0 Å².